The number of nitrogens with zero attached hydrogens (tertiary/aromatic N) is 1. The van der Waals surface area contributed by atoms with Crippen LogP contribution in [0.15, 0.2) is 46.3 Å². The van der Waals surface area contributed by atoms with Crippen molar-refractivity contribution in [2.45, 2.75) is 12.5 Å². The molecule has 126 valence electrons. The van der Waals surface area contributed by atoms with Gasteiger partial charge in [0.1, 0.15) is 0 Å². The molecule has 7 heteroatoms. The quantitative estimate of drug-likeness (QED) is 0.800. The van der Waals surface area contributed by atoms with Crippen molar-refractivity contribution in [2.24, 2.45) is 0 Å². The van der Waals surface area contributed by atoms with Gasteiger partial charge in [-0.1, -0.05) is 18.2 Å². The molecule has 24 heavy (non-hydrogen) atoms. The maximum absolute atomic E-state index is 12.3. The molecule has 1 fully saturated rings. The molecule has 0 aliphatic carbocycles. The molecule has 1 aliphatic rings. The molecule has 2 N–H and O–H groups in total. The van der Waals surface area contributed by atoms with Crippen molar-refractivity contribution in [2.75, 3.05) is 25.0 Å². The van der Waals surface area contributed by atoms with E-state index in [1.54, 1.807) is 11.0 Å². The van der Waals surface area contributed by atoms with Crippen LogP contribution in [-0.4, -0.2) is 42.4 Å². The number of rotatable bonds is 5. The zero-order chi connectivity index (χ0) is 16.9. The maximum Gasteiger partial charge on any atom is 0.261 e. The second-order valence-corrected chi connectivity index (χ2v) is 8.09. The molecular formula is C17H18BrN3O2S. The Morgan fingerprint density at radius 3 is 2.71 bits per heavy atom. The summed E-state index contributed by atoms with van der Waals surface area (Å²) in [5.74, 6) is -0.256. The second-order valence-electron chi connectivity index (χ2n) is 5.62. The fourth-order valence-corrected chi connectivity index (χ4v) is 3.97. The Morgan fingerprint density at radius 1 is 1.21 bits per heavy atom. The minimum Gasteiger partial charge on any atom is -0.380 e. The number of thiophene rings is 1. The molecule has 1 aromatic carbocycles. The van der Waals surface area contributed by atoms with Gasteiger partial charge in [-0.05, 0) is 46.6 Å². The number of benzene rings is 1. The van der Waals surface area contributed by atoms with Gasteiger partial charge in [-0.3, -0.25) is 9.59 Å². The summed E-state index contributed by atoms with van der Waals surface area (Å²) in [6.07, 6.45) is 0.909. The smallest absolute Gasteiger partial charge is 0.261 e. The molecule has 1 unspecified atom stereocenters. The number of para-hydroxylation sites is 1. The van der Waals surface area contributed by atoms with Crippen molar-refractivity contribution in [3.8, 4) is 0 Å². The van der Waals surface area contributed by atoms with E-state index < -0.39 is 0 Å². The number of halogens is 1. The van der Waals surface area contributed by atoms with Gasteiger partial charge in [0.15, 0.2) is 0 Å². The Hall–Kier alpha value is -1.86. The van der Waals surface area contributed by atoms with Gasteiger partial charge in [-0.2, -0.15) is 0 Å². The topological polar surface area (TPSA) is 61.4 Å². The SMILES string of the molecule is O=C(NCC(=O)N1CCC(Nc2ccccc2)C1)c1ccc(Br)s1. The first-order valence-electron chi connectivity index (χ1n) is 7.75. The lowest BCUT2D eigenvalue weighted by Crippen LogP contribution is -2.39. The van der Waals surface area contributed by atoms with E-state index in [1.165, 1.54) is 11.3 Å². The molecule has 1 saturated heterocycles. The summed E-state index contributed by atoms with van der Waals surface area (Å²) in [6.45, 7) is 1.41. The lowest BCUT2D eigenvalue weighted by Gasteiger charge is -2.18. The third kappa shape index (κ3) is 4.36. The van der Waals surface area contributed by atoms with Crippen molar-refractivity contribution in [1.29, 1.82) is 0 Å². The lowest BCUT2D eigenvalue weighted by atomic mass is 10.2. The van der Waals surface area contributed by atoms with Crippen LogP contribution in [0.5, 0.6) is 0 Å². The zero-order valence-corrected chi connectivity index (χ0v) is 15.4. The van der Waals surface area contributed by atoms with Gasteiger partial charge >= 0.3 is 0 Å². The summed E-state index contributed by atoms with van der Waals surface area (Å²) >= 11 is 4.68. The van der Waals surface area contributed by atoms with E-state index >= 15 is 0 Å². The van der Waals surface area contributed by atoms with Crippen molar-refractivity contribution in [3.05, 3.63) is 51.1 Å². The van der Waals surface area contributed by atoms with Crippen LogP contribution in [0.2, 0.25) is 0 Å². The number of hydrogen-bond acceptors (Lipinski definition) is 4. The first-order chi connectivity index (χ1) is 11.6. The summed E-state index contributed by atoms with van der Waals surface area (Å²) in [7, 11) is 0. The Kier molecular flexibility index (Phi) is 5.52. The third-order valence-corrected chi connectivity index (χ3v) is 5.51. The minimum atomic E-state index is -0.211. The highest BCUT2D eigenvalue weighted by Crippen LogP contribution is 2.21. The molecule has 3 rings (SSSR count). The number of carbonyl (C=O) groups excluding carboxylic acids is 2. The van der Waals surface area contributed by atoms with Crippen molar-refractivity contribution >= 4 is 44.8 Å². The number of likely N-dealkylation sites (tertiary alicyclic amines) is 1. The average Bonchev–Trinajstić information content (AvgIpc) is 3.22. The molecule has 0 saturated carbocycles. The van der Waals surface area contributed by atoms with Crippen LogP contribution in [-0.2, 0) is 4.79 Å². The molecule has 0 radical (unpaired) electrons. The van der Waals surface area contributed by atoms with Gasteiger partial charge in [0.2, 0.25) is 5.91 Å². The first-order valence-corrected chi connectivity index (χ1v) is 9.35. The largest absolute Gasteiger partial charge is 0.380 e. The van der Waals surface area contributed by atoms with Crippen molar-refractivity contribution < 1.29 is 9.59 Å². The molecule has 1 atom stereocenters. The Morgan fingerprint density at radius 2 is 2.00 bits per heavy atom. The third-order valence-electron chi connectivity index (χ3n) is 3.88. The van der Waals surface area contributed by atoms with Crippen LogP contribution >= 0.6 is 27.3 Å². The van der Waals surface area contributed by atoms with Gasteiger partial charge in [-0.25, -0.2) is 0 Å². The highest BCUT2D eigenvalue weighted by molar-refractivity contribution is 9.11. The van der Waals surface area contributed by atoms with Crippen molar-refractivity contribution in [1.82, 2.24) is 10.2 Å². The number of carbonyl (C=O) groups is 2. The molecule has 1 aliphatic heterocycles. The molecule has 2 heterocycles. The van der Waals surface area contributed by atoms with Gasteiger partial charge in [0.25, 0.3) is 5.91 Å². The van der Waals surface area contributed by atoms with E-state index in [-0.39, 0.29) is 24.4 Å². The normalized spacial score (nSPS) is 16.9. The fraction of sp³-hybridized carbons (Fsp3) is 0.294. The van der Waals surface area contributed by atoms with Crippen LogP contribution in [0.1, 0.15) is 16.1 Å². The van der Waals surface area contributed by atoms with Crippen LogP contribution in [0.4, 0.5) is 5.69 Å². The number of hydrogen-bond donors (Lipinski definition) is 2. The second kappa shape index (κ2) is 7.81. The monoisotopic (exact) mass is 407 g/mol. The van der Waals surface area contributed by atoms with Crippen LogP contribution in [0, 0.1) is 0 Å². The molecular weight excluding hydrogens is 390 g/mol. The minimum absolute atomic E-state index is 0.0341. The van der Waals surface area contributed by atoms with Crippen LogP contribution in [0.25, 0.3) is 0 Å². The van der Waals surface area contributed by atoms with E-state index in [4.69, 9.17) is 0 Å². The summed E-state index contributed by atoms with van der Waals surface area (Å²) in [4.78, 5) is 26.6. The van der Waals surface area contributed by atoms with Crippen molar-refractivity contribution in [3.63, 3.8) is 0 Å². The first kappa shape index (κ1) is 17.0. The zero-order valence-electron chi connectivity index (χ0n) is 13.0. The fourth-order valence-electron chi connectivity index (χ4n) is 2.67. The Balaban J connectivity index is 1.45. The summed E-state index contributed by atoms with van der Waals surface area (Å²) in [5.41, 5.74) is 1.06. The summed E-state index contributed by atoms with van der Waals surface area (Å²) < 4.78 is 0.897. The molecule has 0 bridgehead atoms. The van der Waals surface area contributed by atoms with Gasteiger partial charge < -0.3 is 15.5 Å². The molecule has 2 amide bonds. The summed E-state index contributed by atoms with van der Waals surface area (Å²) in [6, 6.07) is 13.8. The molecule has 5 nitrogen and oxygen atoms in total. The standard InChI is InChI=1S/C17H18BrN3O2S/c18-15-7-6-14(24-15)17(23)19-10-16(22)21-9-8-13(11-21)20-12-4-2-1-3-5-12/h1-7,13,20H,8-11H2,(H,19,23). The average molecular weight is 408 g/mol. The van der Waals surface area contributed by atoms with E-state index in [0.29, 0.717) is 18.0 Å². The van der Waals surface area contributed by atoms with Gasteiger partial charge in [0.05, 0.1) is 15.2 Å². The van der Waals surface area contributed by atoms with Gasteiger partial charge in [-0.15, -0.1) is 11.3 Å². The molecule has 1 aromatic heterocycles. The highest BCUT2D eigenvalue weighted by atomic mass is 79.9. The van der Waals surface area contributed by atoms with E-state index in [0.717, 1.165) is 15.9 Å². The molecule has 2 aromatic rings. The van der Waals surface area contributed by atoms with Crippen LogP contribution in [0.3, 0.4) is 0 Å². The van der Waals surface area contributed by atoms with Crippen LogP contribution < -0.4 is 10.6 Å². The Labute approximate surface area is 153 Å². The Bertz CT molecular complexity index is 720. The predicted octanol–water partition coefficient (Wildman–Crippen LogP) is 2.95. The summed E-state index contributed by atoms with van der Waals surface area (Å²) in [5, 5.41) is 6.13. The highest BCUT2D eigenvalue weighted by Gasteiger charge is 2.26. The molecule has 0 spiro atoms. The maximum atomic E-state index is 12.3. The number of amides is 2. The van der Waals surface area contributed by atoms with E-state index in [1.807, 2.05) is 36.4 Å². The lowest BCUT2D eigenvalue weighted by molar-refractivity contribution is -0.129. The number of nitrogens with one attached hydrogen (secondary N) is 2. The van der Waals surface area contributed by atoms with E-state index in [2.05, 4.69) is 26.6 Å². The predicted molar refractivity (Wildman–Crippen MR) is 99.4 cm³/mol. The van der Waals surface area contributed by atoms with E-state index in [9.17, 15) is 9.59 Å². The number of anilines is 1. The van der Waals surface area contributed by atoms with Gasteiger partial charge in [0, 0.05) is 24.8 Å².